The summed E-state index contributed by atoms with van der Waals surface area (Å²) in [5, 5.41) is 10.1. The highest BCUT2D eigenvalue weighted by molar-refractivity contribution is 7.89. The molecule has 0 aliphatic heterocycles. The second-order valence-corrected chi connectivity index (χ2v) is 7.89. The Hall–Kier alpha value is -2.41. The highest BCUT2D eigenvalue weighted by atomic mass is 35.5. The van der Waals surface area contributed by atoms with E-state index in [0.717, 1.165) is 16.3 Å². The van der Waals surface area contributed by atoms with Gasteiger partial charge in [0.15, 0.2) is 0 Å². The van der Waals surface area contributed by atoms with Crippen molar-refractivity contribution in [2.75, 3.05) is 0 Å². The van der Waals surface area contributed by atoms with Gasteiger partial charge in [-0.15, -0.1) is 0 Å². The Bertz CT molecular complexity index is 1090. The van der Waals surface area contributed by atoms with Crippen molar-refractivity contribution >= 4 is 38.3 Å². The molecule has 26 heavy (non-hydrogen) atoms. The molecule has 134 valence electrons. The van der Waals surface area contributed by atoms with Crippen LogP contribution in [0.4, 0.5) is 0 Å². The monoisotopic (exact) mass is 388 g/mol. The SMILES string of the molecule is C[C@H](NC(=O)c1ccc(Cl)c(S(N)(=O)=O)c1)c1cccc2ccccc12. The summed E-state index contributed by atoms with van der Waals surface area (Å²) in [7, 11) is -4.01. The van der Waals surface area contributed by atoms with Gasteiger partial charge in [0.1, 0.15) is 4.90 Å². The van der Waals surface area contributed by atoms with Gasteiger partial charge in [0.2, 0.25) is 10.0 Å². The summed E-state index contributed by atoms with van der Waals surface area (Å²) in [6.07, 6.45) is 0. The van der Waals surface area contributed by atoms with E-state index >= 15 is 0 Å². The normalized spacial score (nSPS) is 12.7. The number of sulfonamides is 1. The van der Waals surface area contributed by atoms with E-state index in [-0.39, 0.29) is 21.5 Å². The predicted molar refractivity (Wildman–Crippen MR) is 103 cm³/mol. The Labute approximate surface area is 156 Å². The molecule has 0 fully saturated rings. The average molecular weight is 389 g/mol. The van der Waals surface area contributed by atoms with Gasteiger partial charge in [-0.05, 0) is 41.5 Å². The number of halogens is 1. The van der Waals surface area contributed by atoms with Crippen LogP contribution in [-0.4, -0.2) is 14.3 Å². The molecule has 0 spiro atoms. The molecule has 0 radical (unpaired) electrons. The second kappa shape index (κ2) is 7.07. The number of benzene rings is 3. The lowest BCUT2D eigenvalue weighted by Crippen LogP contribution is -2.27. The van der Waals surface area contributed by atoms with Gasteiger partial charge in [-0.2, -0.15) is 0 Å². The summed E-state index contributed by atoms with van der Waals surface area (Å²) in [5.74, 6) is -0.410. The Balaban J connectivity index is 1.90. The standard InChI is InChI=1S/C19H17ClN2O3S/c1-12(15-8-4-6-13-5-2-3-7-16(13)15)22-19(23)14-9-10-17(20)18(11-14)26(21,24)25/h2-12H,1H3,(H,22,23)(H2,21,24,25)/t12-/m0/s1. The van der Waals surface area contributed by atoms with Crippen molar-refractivity contribution in [3.63, 3.8) is 0 Å². The van der Waals surface area contributed by atoms with Crippen LogP contribution < -0.4 is 10.5 Å². The fourth-order valence-electron chi connectivity index (χ4n) is 2.85. The summed E-state index contributed by atoms with van der Waals surface area (Å²) < 4.78 is 23.2. The number of carbonyl (C=O) groups is 1. The van der Waals surface area contributed by atoms with Gasteiger partial charge in [0.25, 0.3) is 5.91 Å². The van der Waals surface area contributed by atoms with Crippen LogP contribution in [0.3, 0.4) is 0 Å². The van der Waals surface area contributed by atoms with Crippen LogP contribution in [0.5, 0.6) is 0 Å². The van der Waals surface area contributed by atoms with E-state index in [2.05, 4.69) is 5.32 Å². The number of fused-ring (bicyclic) bond motifs is 1. The third-order valence-electron chi connectivity index (χ3n) is 4.14. The van der Waals surface area contributed by atoms with Crippen molar-refractivity contribution < 1.29 is 13.2 Å². The third kappa shape index (κ3) is 3.72. The van der Waals surface area contributed by atoms with Crippen LogP contribution in [-0.2, 0) is 10.0 Å². The van der Waals surface area contributed by atoms with E-state index in [1.54, 1.807) is 0 Å². The molecule has 0 aliphatic carbocycles. The van der Waals surface area contributed by atoms with E-state index in [1.165, 1.54) is 18.2 Å². The quantitative estimate of drug-likeness (QED) is 0.715. The predicted octanol–water partition coefficient (Wildman–Crippen LogP) is 3.63. The molecule has 0 saturated heterocycles. The van der Waals surface area contributed by atoms with Crippen LogP contribution in [0.2, 0.25) is 5.02 Å². The number of nitrogens with one attached hydrogen (secondary N) is 1. The number of hydrogen-bond donors (Lipinski definition) is 2. The van der Waals surface area contributed by atoms with Gasteiger partial charge in [-0.1, -0.05) is 54.1 Å². The third-order valence-corrected chi connectivity index (χ3v) is 5.53. The molecule has 1 atom stereocenters. The van der Waals surface area contributed by atoms with Gasteiger partial charge >= 0.3 is 0 Å². The van der Waals surface area contributed by atoms with Crippen LogP contribution in [0.15, 0.2) is 65.6 Å². The maximum Gasteiger partial charge on any atom is 0.251 e. The molecule has 3 N–H and O–H groups in total. The number of primary sulfonamides is 1. The minimum Gasteiger partial charge on any atom is -0.345 e. The van der Waals surface area contributed by atoms with Gasteiger partial charge in [-0.25, -0.2) is 13.6 Å². The van der Waals surface area contributed by atoms with Crippen molar-refractivity contribution in [3.05, 3.63) is 76.8 Å². The largest absolute Gasteiger partial charge is 0.345 e. The topological polar surface area (TPSA) is 89.3 Å². The fourth-order valence-corrected chi connectivity index (χ4v) is 3.92. The van der Waals surface area contributed by atoms with Gasteiger partial charge < -0.3 is 5.32 Å². The Morgan fingerprint density at radius 2 is 1.77 bits per heavy atom. The lowest BCUT2D eigenvalue weighted by atomic mass is 9.99. The second-order valence-electron chi connectivity index (χ2n) is 5.95. The Morgan fingerprint density at radius 1 is 1.08 bits per heavy atom. The van der Waals surface area contributed by atoms with Crippen LogP contribution in [0, 0.1) is 0 Å². The van der Waals surface area contributed by atoms with E-state index in [0.29, 0.717) is 0 Å². The molecule has 1 amide bonds. The van der Waals surface area contributed by atoms with Crippen molar-refractivity contribution in [1.82, 2.24) is 5.32 Å². The maximum atomic E-state index is 12.6. The molecule has 3 rings (SSSR count). The molecule has 3 aromatic carbocycles. The zero-order valence-electron chi connectivity index (χ0n) is 13.9. The highest BCUT2D eigenvalue weighted by Gasteiger charge is 2.18. The van der Waals surface area contributed by atoms with Crippen molar-refractivity contribution in [1.29, 1.82) is 0 Å². The average Bonchev–Trinajstić information content (AvgIpc) is 2.60. The van der Waals surface area contributed by atoms with Crippen molar-refractivity contribution in [2.45, 2.75) is 17.9 Å². The molecule has 0 unspecified atom stereocenters. The highest BCUT2D eigenvalue weighted by Crippen LogP contribution is 2.25. The molecule has 0 heterocycles. The number of hydrogen-bond acceptors (Lipinski definition) is 3. The number of carbonyl (C=O) groups excluding carboxylic acids is 1. The molecular weight excluding hydrogens is 372 g/mol. The zero-order valence-corrected chi connectivity index (χ0v) is 15.5. The summed E-state index contributed by atoms with van der Waals surface area (Å²) in [4.78, 5) is 12.3. The molecule has 0 saturated carbocycles. The van der Waals surface area contributed by atoms with Crippen molar-refractivity contribution in [2.24, 2.45) is 5.14 Å². The van der Waals surface area contributed by atoms with E-state index in [9.17, 15) is 13.2 Å². The lowest BCUT2D eigenvalue weighted by molar-refractivity contribution is 0.0940. The smallest absolute Gasteiger partial charge is 0.251 e. The number of rotatable bonds is 4. The summed E-state index contributed by atoms with van der Waals surface area (Å²) in [5.41, 5.74) is 1.14. The molecule has 0 bridgehead atoms. The fraction of sp³-hybridized carbons (Fsp3) is 0.105. The molecule has 0 aliphatic rings. The first kappa shape index (κ1) is 18.4. The molecular formula is C19H17ClN2O3S. The lowest BCUT2D eigenvalue weighted by Gasteiger charge is -2.17. The molecule has 0 aromatic heterocycles. The van der Waals surface area contributed by atoms with Crippen LogP contribution >= 0.6 is 11.6 Å². The molecule has 3 aromatic rings. The number of nitrogens with two attached hydrogens (primary N) is 1. The van der Waals surface area contributed by atoms with Crippen LogP contribution in [0.1, 0.15) is 28.9 Å². The van der Waals surface area contributed by atoms with E-state index in [4.69, 9.17) is 16.7 Å². The summed E-state index contributed by atoms with van der Waals surface area (Å²) >= 11 is 5.86. The summed E-state index contributed by atoms with van der Waals surface area (Å²) in [6.45, 7) is 1.87. The summed E-state index contributed by atoms with van der Waals surface area (Å²) in [6, 6.07) is 17.5. The molecule has 7 heteroatoms. The number of amides is 1. The Morgan fingerprint density at radius 3 is 2.50 bits per heavy atom. The van der Waals surface area contributed by atoms with Gasteiger partial charge in [0, 0.05) is 5.56 Å². The first-order valence-electron chi connectivity index (χ1n) is 7.88. The maximum absolute atomic E-state index is 12.6. The van der Waals surface area contributed by atoms with Crippen LogP contribution in [0.25, 0.3) is 10.8 Å². The molecule has 5 nitrogen and oxygen atoms in total. The van der Waals surface area contributed by atoms with Gasteiger partial charge in [-0.3, -0.25) is 4.79 Å². The van der Waals surface area contributed by atoms with E-state index in [1.807, 2.05) is 49.4 Å². The van der Waals surface area contributed by atoms with Gasteiger partial charge in [0.05, 0.1) is 11.1 Å². The van der Waals surface area contributed by atoms with Crippen molar-refractivity contribution in [3.8, 4) is 0 Å². The minimum absolute atomic E-state index is 0.0221. The first-order chi connectivity index (χ1) is 12.3. The minimum atomic E-state index is -4.01. The Kier molecular flexibility index (Phi) is 5.00. The van der Waals surface area contributed by atoms with E-state index < -0.39 is 15.9 Å². The zero-order chi connectivity index (χ0) is 18.9. The first-order valence-corrected chi connectivity index (χ1v) is 9.80.